The Kier molecular flexibility index (Phi) is 9.02. The van der Waals surface area contributed by atoms with Crippen molar-refractivity contribution < 1.29 is 28.2 Å². The van der Waals surface area contributed by atoms with Gasteiger partial charge in [0, 0.05) is 21.2 Å². The molecule has 0 saturated carbocycles. The SMILES string of the molecule is NC(=O)OC(CNC(=O)Cn1nc(-c2ccc(Cl)cc2)n(CC(O)C(F)F)c1=O)c1ccccc1Cl. The van der Waals surface area contributed by atoms with Gasteiger partial charge in [-0.15, -0.1) is 5.10 Å². The largest absolute Gasteiger partial charge is 0.440 e. The first kappa shape index (κ1) is 27.1. The maximum atomic E-state index is 13.0. The molecule has 1 heterocycles. The first-order chi connectivity index (χ1) is 17.1. The highest BCUT2D eigenvalue weighted by atomic mass is 35.5. The Morgan fingerprint density at radius 2 is 1.81 bits per heavy atom. The van der Waals surface area contributed by atoms with Gasteiger partial charge < -0.3 is 20.9 Å². The monoisotopic (exact) mass is 543 g/mol. The van der Waals surface area contributed by atoms with E-state index in [2.05, 4.69) is 10.4 Å². The third-order valence-electron chi connectivity index (χ3n) is 4.97. The van der Waals surface area contributed by atoms with Crippen molar-refractivity contribution in [2.75, 3.05) is 6.54 Å². The number of alkyl halides is 2. The van der Waals surface area contributed by atoms with Crippen LogP contribution in [0.1, 0.15) is 11.7 Å². The number of ether oxygens (including phenoxy) is 1. The summed E-state index contributed by atoms with van der Waals surface area (Å²) in [5.41, 5.74) is 4.97. The molecule has 3 rings (SSSR count). The number of rotatable bonds is 10. The molecular weight excluding hydrogens is 523 g/mol. The first-order valence-corrected chi connectivity index (χ1v) is 11.2. The van der Waals surface area contributed by atoms with Crippen LogP contribution in [0.3, 0.4) is 0 Å². The standard InChI is InChI=1S/C22H21Cl2F2N5O5/c23-13-7-5-12(6-8-13)20-29-31(22(35)30(20)10-16(32)19(25)26)11-18(33)28-9-17(36-21(27)34)14-3-1-2-4-15(14)24/h1-8,16-17,19,32H,9-11H2,(H2,27,34)(H,28,33). The number of hydrogen-bond acceptors (Lipinski definition) is 6. The maximum Gasteiger partial charge on any atom is 0.405 e. The lowest BCUT2D eigenvalue weighted by Crippen LogP contribution is -2.37. The van der Waals surface area contributed by atoms with Crippen molar-refractivity contribution in [3.63, 3.8) is 0 Å². The molecule has 0 bridgehead atoms. The molecule has 0 aliphatic heterocycles. The van der Waals surface area contributed by atoms with Crippen molar-refractivity contribution in [2.45, 2.75) is 31.7 Å². The lowest BCUT2D eigenvalue weighted by atomic mass is 10.1. The molecule has 0 saturated heterocycles. The van der Waals surface area contributed by atoms with Crippen LogP contribution in [0, 0.1) is 0 Å². The average Bonchev–Trinajstić information content (AvgIpc) is 3.12. The normalized spacial score (nSPS) is 12.8. The minimum absolute atomic E-state index is 0.0461. The highest BCUT2D eigenvalue weighted by Crippen LogP contribution is 2.25. The van der Waals surface area contributed by atoms with Gasteiger partial charge in [0.1, 0.15) is 18.8 Å². The zero-order valence-electron chi connectivity index (χ0n) is 18.5. The lowest BCUT2D eigenvalue weighted by molar-refractivity contribution is -0.122. The Morgan fingerprint density at radius 3 is 2.42 bits per heavy atom. The molecule has 36 heavy (non-hydrogen) atoms. The van der Waals surface area contributed by atoms with Crippen LogP contribution in [0.15, 0.2) is 53.3 Å². The Labute approximate surface area is 213 Å². The molecule has 0 spiro atoms. The van der Waals surface area contributed by atoms with Crippen LogP contribution in [0.2, 0.25) is 10.0 Å². The molecule has 14 heteroatoms. The Balaban J connectivity index is 1.82. The summed E-state index contributed by atoms with van der Waals surface area (Å²) in [4.78, 5) is 36.8. The number of nitrogens with zero attached hydrogens (tertiary/aromatic N) is 3. The second kappa shape index (κ2) is 12.0. The maximum absolute atomic E-state index is 13.0. The lowest BCUT2D eigenvalue weighted by Gasteiger charge is -2.18. The van der Waals surface area contributed by atoms with Gasteiger partial charge in [-0.25, -0.2) is 23.1 Å². The van der Waals surface area contributed by atoms with Crippen LogP contribution >= 0.6 is 23.2 Å². The molecule has 2 aromatic carbocycles. The number of halogens is 4. The minimum Gasteiger partial charge on any atom is -0.440 e. The molecule has 10 nitrogen and oxygen atoms in total. The van der Waals surface area contributed by atoms with Gasteiger partial charge in [-0.05, 0) is 30.3 Å². The van der Waals surface area contributed by atoms with Crippen LogP contribution < -0.4 is 16.7 Å². The van der Waals surface area contributed by atoms with Gasteiger partial charge >= 0.3 is 11.8 Å². The van der Waals surface area contributed by atoms with E-state index in [-0.39, 0.29) is 17.4 Å². The summed E-state index contributed by atoms with van der Waals surface area (Å²) < 4.78 is 32.6. The van der Waals surface area contributed by atoms with E-state index in [1.807, 2.05) is 0 Å². The van der Waals surface area contributed by atoms with Crippen LogP contribution in [0.5, 0.6) is 0 Å². The fraction of sp³-hybridized carbons (Fsp3) is 0.273. The van der Waals surface area contributed by atoms with Crippen molar-refractivity contribution in [1.29, 1.82) is 0 Å². The van der Waals surface area contributed by atoms with Crippen LogP contribution in [-0.4, -0.2) is 50.5 Å². The van der Waals surface area contributed by atoms with Crippen LogP contribution in [0.4, 0.5) is 13.6 Å². The molecular formula is C22H21Cl2F2N5O5. The van der Waals surface area contributed by atoms with Gasteiger partial charge in [-0.3, -0.25) is 9.36 Å². The number of aliphatic hydroxyl groups excluding tert-OH is 1. The average molecular weight is 544 g/mol. The number of carbonyl (C=O) groups is 2. The second-order valence-corrected chi connectivity index (χ2v) is 8.38. The third kappa shape index (κ3) is 6.80. The molecule has 0 aliphatic carbocycles. The van der Waals surface area contributed by atoms with E-state index in [4.69, 9.17) is 33.7 Å². The van der Waals surface area contributed by atoms with Crippen molar-refractivity contribution in [1.82, 2.24) is 19.7 Å². The zero-order valence-corrected chi connectivity index (χ0v) is 20.0. The van der Waals surface area contributed by atoms with E-state index in [0.29, 0.717) is 16.1 Å². The fourth-order valence-electron chi connectivity index (χ4n) is 3.28. The zero-order chi connectivity index (χ0) is 26.4. The quantitative estimate of drug-likeness (QED) is 0.358. The Morgan fingerprint density at radius 1 is 1.14 bits per heavy atom. The number of aliphatic hydroxyl groups is 1. The number of benzene rings is 2. The number of carbonyl (C=O) groups excluding carboxylic acids is 2. The van der Waals surface area contributed by atoms with Gasteiger partial charge in [0.05, 0.1) is 13.1 Å². The van der Waals surface area contributed by atoms with Crippen LogP contribution in [0.25, 0.3) is 11.4 Å². The number of nitrogens with two attached hydrogens (primary N) is 1. The summed E-state index contributed by atoms with van der Waals surface area (Å²) in [7, 11) is 0. The summed E-state index contributed by atoms with van der Waals surface area (Å²) in [6.45, 7) is -1.57. The predicted octanol–water partition coefficient (Wildman–Crippen LogP) is 2.60. The van der Waals surface area contributed by atoms with Crippen molar-refractivity contribution in [3.05, 3.63) is 74.6 Å². The Bertz CT molecular complexity index is 1280. The van der Waals surface area contributed by atoms with Gasteiger partial charge in [0.25, 0.3) is 6.43 Å². The highest BCUT2D eigenvalue weighted by molar-refractivity contribution is 6.31. The molecule has 2 atom stereocenters. The number of hydrogen-bond donors (Lipinski definition) is 3. The predicted molar refractivity (Wildman–Crippen MR) is 127 cm³/mol. The number of amides is 2. The van der Waals surface area contributed by atoms with Gasteiger partial charge in [-0.2, -0.15) is 0 Å². The van der Waals surface area contributed by atoms with E-state index in [1.54, 1.807) is 24.3 Å². The molecule has 0 aliphatic rings. The molecule has 2 unspecified atom stereocenters. The molecule has 192 valence electrons. The van der Waals surface area contributed by atoms with Crippen molar-refractivity contribution in [2.24, 2.45) is 5.73 Å². The molecule has 2 amide bonds. The van der Waals surface area contributed by atoms with E-state index in [0.717, 1.165) is 9.25 Å². The van der Waals surface area contributed by atoms with E-state index >= 15 is 0 Å². The van der Waals surface area contributed by atoms with Crippen LogP contribution in [-0.2, 0) is 22.6 Å². The van der Waals surface area contributed by atoms with E-state index in [9.17, 15) is 28.3 Å². The van der Waals surface area contributed by atoms with E-state index < -0.39 is 49.4 Å². The Hall–Kier alpha value is -3.48. The molecule has 0 fully saturated rings. The molecule has 0 radical (unpaired) electrons. The minimum atomic E-state index is -3.10. The highest BCUT2D eigenvalue weighted by Gasteiger charge is 2.24. The van der Waals surface area contributed by atoms with E-state index in [1.165, 1.54) is 24.3 Å². The second-order valence-electron chi connectivity index (χ2n) is 7.53. The van der Waals surface area contributed by atoms with Gasteiger partial charge in [0.15, 0.2) is 5.82 Å². The molecule has 1 aromatic heterocycles. The molecule has 4 N–H and O–H groups in total. The summed E-state index contributed by atoms with van der Waals surface area (Å²) in [5, 5.41) is 16.9. The summed E-state index contributed by atoms with van der Waals surface area (Å²) >= 11 is 12.0. The number of nitrogens with one attached hydrogen (secondary N) is 1. The topological polar surface area (TPSA) is 141 Å². The summed E-state index contributed by atoms with van der Waals surface area (Å²) in [6.07, 6.45) is -7.34. The van der Waals surface area contributed by atoms with Crippen molar-refractivity contribution >= 4 is 35.2 Å². The van der Waals surface area contributed by atoms with Gasteiger partial charge in [-0.1, -0.05) is 41.4 Å². The smallest absolute Gasteiger partial charge is 0.405 e. The number of aromatic nitrogens is 3. The molecule has 3 aromatic rings. The summed E-state index contributed by atoms with van der Waals surface area (Å²) in [6, 6.07) is 12.5. The van der Waals surface area contributed by atoms with Gasteiger partial charge in [0.2, 0.25) is 5.91 Å². The fourth-order valence-corrected chi connectivity index (χ4v) is 3.66. The number of primary amides is 1. The summed E-state index contributed by atoms with van der Waals surface area (Å²) in [5.74, 6) is -0.751. The first-order valence-electron chi connectivity index (χ1n) is 10.4. The van der Waals surface area contributed by atoms with Crippen molar-refractivity contribution in [3.8, 4) is 11.4 Å². The third-order valence-corrected chi connectivity index (χ3v) is 5.57.